The van der Waals surface area contributed by atoms with E-state index in [1.807, 2.05) is 0 Å². The molecule has 0 radical (unpaired) electrons. The smallest absolute Gasteiger partial charge is 0.304 e. The van der Waals surface area contributed by atoms with Crippen molar-refractivity contribution in [2.75, 3.05) is 11.4 Å². The summed E-state index contributed by atoms with van der Waals surface area (Å²) in [6.45, 7) is -0.673. The number of nitrogens with zero attached hydrogens (tertiary/aromatic N) is 1. The van der Waals surface area contributed by atoms with Gasteiger partial charge in [0, 0.05) is 23.2 Å². The molecule has 0 N–H and O–H groups in total. The Balaban J connectivity index is 2.40. The van der Waals surface area contributed by atoms with Crippen molar-refractivity contribution >= 4 is 23.2 Å². The molecule has 0 aromatic heterocycles. The van der Waals surface area contributed by atoms with Crippen LogP contribution in [0.15, 0.2) is 18.2 Å². The molecular formula is C12H8ClF6NO. The Morgan fingerprint density at radius 1 is 1.24 bits per heavy atom. The lowest BCUT2D eigenvalue weighted by atomic mass is 9.98. The number of amides is 1. The first-order valence-electron chi connectivity index (χ1n) is 5.74. The van der Waals surface area contributed by atoms with Crippen molar-refractivity contribution in [3.8, 4) is 0 Å². The van der Waals surface area contributed by atoms with Gasteiger partial charge in [-0.2, -0.15) is 26.3 Å². The van der Waals surface area contributed by atoms with Gasteiger partial charge in [-0.15, -0.1) is 0 Å². The second-order valence-electron chi connectivity index (χ2n) is 4.63. The third-order valence-corrected chi connectivity index (χ3v) is 3.32. The largest absolute Gasteiger partial charge is 0.471 e. The predicted molar refractivity (Wildman–Crippen MR) is 63.3 cm³/mol. The van der Waals surface area contributed by atoms with Crippen LogP contribution in [0, 0.1) is 0 Å². The predicted octanol–water partition coefficient (Wildman–Crippen LogP) is 4.28. The van der Waals surface area contributed by atoms with Crippen LogP contribution in [0.2, 0.25) is 5.02 Å². The summed E-state index contributed by atoms with van der Waals surface area (Å²) in [5.41, 5.74) is -0.187. The van der Waals surface area contributed by atoms with Crippen LogP contribution in [0.3, 0.4) is 0 Å². The van der Waals surface area contributed by atoms with Crippen LogP contribution < -0.4 is 4.90 Å². The van der Waals surface area contributed by atoms with E-state index in [-0.39, 0.29) is 16.3 Å². The lowest BCUT2D eigenvalue weighted by Crippen LogP contribution is -2.40. The molecule has 116 valence electrons. The van der Waals surface area contributed by atoms with Gasteiger partial charge in [0.2, 0.25) is 0 Å². The van der Waals surface area contributed by atoms with Crippen LogP contribution in [-0.4, -0.2) is 24.8 Å². The van der Waals surface area contributed by atoms with E-state index < -0.39 is 37.1 Å². The minimum Gasteiger partial charge on any atom is -0.304 e. The number of hydrogen-bond acceptors (Lipinski definition) is 1. The van der Waals surface area contributed by atoms with Crippen molar-refractivity contribution in [2.45, 2.75) is 24.7 Å². The molecule has 1 aliphatic heterocycles. The second-order valence-corrected chi connectivity index (χ2v) is 5.07. The first-order chi connectivity index (χ1) is 9.49. The molecule has 0 saturated carbocycles. The van der Waals surface area contributed by atoms with Crippen molar-refractivity contribution in [2.24, 2.45) is 0 Å². The Kier molecular flexibility index (Phi) is 3.86. The minimum absolute atomic E-state index is 0.00238. The van der Waals surface area contributed by atoms with Crippen molar-refractivity contribution in [3.05, 3.63) is 28.8 Å². The average Bonchev–Trinajstić information content (AvgIpc) is 2.63. The van der Waals surface area contributed by atoms with Gasteiger partial charge in [-0.3, -0.25) is 4.79 Å². The minimum atomic E-state index is -5.15. The van der Waals surface area contributed by atoms with E-state index in [1.165, 1.54) is 6.07 Å². The lowest BCUT2D eigenvalue weighted by Gasteiger charge is -2.19. The molecule has 21 heavy (non-hydrogen) atoms. The molecule has 1 aromatic rings. The quantitative estimate of drug-likeness (QED) is 0.703. The average molecular weight is 332 g/mol. The van der Waals surface area contributed by atoms with Crippen molar-refractivity contribution in [1.82, 2.24) is 0 Å². The van der Waals surface area contributed by atoms with Gasteiger partial charge in [0.25, 0.3) is 0 Å². The first-order valence-corrected chi connectivity index (χ1v) is 6.12. The zero-order chi connectivity index (χ0) is 16.0. The molecule has 1 atom stereocenters. The third kappa shape index (κ3) is 3.42. The molecule has 2 nitrogen and oxygen atoms in total. The van der Waals surface area contributed by atoms with Gasteiger partial charge in [0.15, 0.2) is 0 Å². The van der Waals surface area contributed by atoms with Gasteiger partial charge in [-0.05, 0) is 23.8 Å². The number of anilines is 1. The SMILES string of the molecule is O=C(N1C[C@H](CC(F)(F)F)c2cc(Cl)ccc21)C(F)(F)F. The second kappa shape index (κ2) is 5.08. The van der Waals surface area contributed by atoms with Crippen LogP contribution in [-0.2, 0) is 4.79 Å². The van der Waals surface area contributed by atoms with E-state index in [4.69, 9.17) is 11.6 Å². The molecular weight excluding hydrogens is 324 g/mol. The summed E-state index contributed by atoms with van der Waals surface area (Å²) in [5.74, 6) is -3.44. The summed E-state index contributed by atoms with van der Waals surface area (Å²) < 4.78 is 75.0. The number of carbonyl (C=O) groups is 1. The third-order valence-electron chi connectivity index (χ3n) is 3.09. The fourth-order valence-corrected chi connectivity index (χ4v) is 2.50. The highest BCUT2D eigenvalue weighted by molar-refractivity contribution is 6.30. The maximum absolute atomic E-state index is 12.5. The number of hydrogen-bond donors (Lipinski definition) is 0. The number of carbonyl (C=O) groups excluding carboxylic acids is 1. The molecule has 0 aliphatic carbocycles. The molecule has 1 aromatic carbocycles. The zero-order valence-corrected chi connectivity index (χ0v) is 11.0. The number of fused-ring (bicyclic) bond motifs is 1. The summed E-state index contributed by atoms with van der Waals surface area (Å²) in [4.78, 5) is 11.6. The van der Waals surface area contributed by atoms with Gasteiger partial charge in [0.1, 0.15) is 0 Å². The highest BCUT2D eigenvalue weighted by atomic mass is 35.5. The highest BCUT2D eigenvalue weighted by Crippen LogP contribution is 2.44. The van der Waals surface area contributed by atoms with Gasteiger partial charge in [0.05, 0.1) is 6.42 Å². The number of benzene rings is 1. The van der Waals surface area contributed by atoms with Crippen molar-refractivity contribution < 1.29 is 31.1 Å². The maximum atomic E-state index is 12.5. The molecule has 1 heterocycles. The van der Waals surface area contributed by atoms with E-state index in [9.17, 15) is 31.1 Å². The van der Waals surface area contributed by atoms with Crippen molar-refractivity contribution in [1.29, 1.82) is 0 Å². The fraction of sp³-hybridized carbons (Fsp3) is 0.417. The topological polar surface area (TPSA) is 20.3 Å². The van der Waals surface area contributed by atoms with Crippen LogP contribution >= 0.6 is 11.6 Å². The zero-order valence-electron chi connectivity index (χ0n) is 10.2. The van der Waals surface area contributed by atoms with Gasteiger partial charge in [-0.25, -0.2) is 0 Å². The van der Waals surface area contributed by atoms with E-state index in [1.54, 1.807) is 0 Å². The first kappa shape index (κ1) is 15.9. The van der Waals surface area contributed by atoms with Gasteiger partial charge < -0.3 is 4.90 Å². The Morgan fingerprint density at radius 3 is 2.38 bits per heavy atom. The van der Waals surface area contributed by atoms with E-state index in [2.05, 4.69) is 0 Å². The summed E-state index contributed by atoms with van der Waals surface area (Å²) in [7, 11) is 0. The molecule has 0 unspecified atom stereocenters. The molecule has 1 amide bonds. The van der Waals surface area contributed by atoms with Crippen LogP contribution in [0.25, 0.3) is 0 Å². The van der Waals surface area contributed by atoms with Gasteiger partial charge >= 0.3 is 18.3 Å². The Bertz CT molecular complexity index is 568. The molecule has 2 rings (SSSR count). The summed E-state index contributed by atoms with van der Waals surface area (Å²) in [5, 5.41) is 0.0993. The normalized spacial score (nSPS) is 18.8. The van der Waals surface area contributed by atoms with Gasteiger partial charge in [-0.1, -0.05) is 11.6 Å². The molecule has 0 fully saturated rings. The monoisotopic (exact) mass is 331 g/mol. The summed E-state index contributed by atoms with van der Waals surface area (Å²) in [6.07, 6.45) is -11.0. The Labute approximate surface area is 120 Å². The van der Waals surface area contributed by atoms with E-state index in [0.29, 0.717) is 4.90 Å². The van der Waals surface area contributed by atoms with E-state index >= 15 is 0 Å². The molecule has 1 aliphatic rings. The lowest BCUT2D eigenvalue weighted by molar-refractivity contribution is -0.170. The van der Waals surface area contributed by atoms with Crippen LogP contribution in [0.4, 0.5) is 32.0 Å². The fourth-order valence-electron chi connectivity index (χ4n) is 2.31. The molecule has 0 spiro atoms. The van der Waals surface area contributed by atoms with Crippen LogP contribution in [0.5, 0.6) is 0 Å². The van der Waals surface area contributed by atoms with Crippen LogP contribution in [0.1, 0.15) is 17.9 Å². The molecule has 9 heteroatoms. The number of halogens is 7. The summed E-state index contributed by atoms with van der Waals surface area (Å²) in [6, 6.07) is 3.52. The number of rotatable bonds is 1. The molecule has 0 saturated heterocycles. The number of alkyl halides is 6. The van der Waals surface area contributed by atoms with Crippen molar-refractivity contribution in [3.63, 3.8) is 0 Å². The maximum Gasteiger partial charge on any atom is 0.471 e. The summed E-state index contributed by atoms with van der Waals surface area (Å²) >= 11 is 5.67. The highest BCUT2D eigenvalue weighted by Gasteiger charge is 2.48. The Morgan fingerprint density at radius 2 is 1.86 bits per heavy atom. The standard InChI is InChI=1S/C12H8ClF6NO/c13-7-1-2-9-8(3-7)6(4-11(14,15)16)5-20(9)10(21)12(17,18)19/h1-3,6H,4-5H2/t6-/m0/s1. The van der Waals surface area contributed by atoms with E-state index in [0.717, 1.165) is 12.1 Å². The Hall–Kier alpha value is -1.44. The molecule has 0 bridgehead atoms.